The molecule has 0 spiro atoms. The Morgan fingerprint density at radius 1 is 1.12 bits per heavy atom. The Hall–Kier alpha value is -3.72. The molecule has 1 amide bonds. The van der Waals surface area contributed by atoms with E-state index in [9.17, 15) is 4.79 Å². The first-order chi connectivity index (χ1) is 16.1. The Bertz CT molecular complexity index is 1640. The molecule has 0 saturated heterocycles. The third-order valence-electron chi connectivity index (χ3n) is 5.49. The summed E-state index contributed by atoms with van der Waals surface area (Å²) in [5, 5.41) is 1.41. The first kappa shape index (κ1) is 21.1. The molecular weight excluding hydrogens is 450 g/mol. The first-order valence-corrected chi connectivity index (χ1v) is 11.5. The van der Waals surface area contributed by atoms with Crippen molar-refractivity contribution in [1.29, 1.82) is 0 Å². The van der Waals surface area contributed by atoms with Crippen LogP contribution < -0.4 is 4.80 Å². The Balaban J connectivity index is 1.73. The molecule has 160 valence electrons. The van der Waals surface area contributed by atoms with E-state index in [0.29, 0.717) is 21.9 Å². The molecule has 5 aromatic rings. The fraction of sp³-hybridized carbons (Fsp3) is 0.0741. The highest BCUT2D eigenvalue weighted by atomic mass is 35.5. The molecule has 0 radical (unpaired) electrons. The van der Waals surface area contributed by atoms with Gasteiger partial charge < -0.3 is 4.57 Å². The van der Waals surface area contributed by atoms with Crippen molar-refractivity contribution in [1.82, 2.24) is 9.55 Å². The van der Waals surface area contributed by atoms with Crippen LogP contribution in [0.2, 0.25) is 5.02 Å². The number of terminal acetylenes is 1. The van der Waals surface area contributed by atoms with E-state index in [2.05, 4.69) is 10.9 Å². The number of amides is 1. The van der Waals surface area contributed by atoms with Crippen LogP contribution in [0.5, 0.6) is 0 Å². The number of hydrogen-bond acceptors (Lipinski definition) is 3. The molecule has 33 heavy (non-hydrogen) atoms. The standard InChI is InChI=1S/C27H18ClN3OS/c1-3-15-31-25-17(2)21(28)13-14-24(25)33-27(31)30-26(32)20-16-23(18-9-5-4-6-10-18)29-22-12-8-7-11-19(20)22/h1,4-14,16H,15H2,2H3. The van der Waals surface area contributed by atoms with Crippen LogP contribution in [-0.2, 0) is 6.54 Å². The lowest BCUT2D eigenvalue weighted by Crippen LogP contribution is -2.17. The topological polar surface area (TPSA) is 47.2 Å². The molecule has 2 aromatic heterocycles. The number of benzene rings is 3. The van der Waals surface area contributed by atoms with Gasteiger partial charge in [0.05, 0.1) is 33.5 Å². The summed E-state index contributed by atoms with van der Waals surface area (Å²) < 4.78 is 2.85. The van der Waals surface area contributed by atoms with Gasteiger partial charge in [-0.15, -0.1) is 6.42 Å². The summed E-state index contributed by atoms with van der Waals surface area (Å²) in [6.07, 6.45) is 5.63. The molecule has 0 aliphatic heterocycles. The van der Waals surface area contributed by atoms with Gasteiger partial charge >= 0.3 is 0 Å². The second kappa shape index (κ2) is 8.67. The number of nitrogens with zero attached hydrogens (tertiary/aromatic N) is 3. The predicted octanol–water partition coefficient (Wildman–Crippen LogP) is 6.25. The molecule has 0 aliphatic rings. The fourth-order valence-corrected chi connectivity index (χ4v) is 5.13. The Morgan fingerprint density at radius 2 is 1.88 bits per heavy atom. The normalized spacial score (nSPS) is 11.7. The Morgan fingerprint density at radius 3 is 2.67 bits per heavy atom. The zero-order valence-corrected chi connectivity index (χ0v) is 19.3. The lowest BCUT2D eigenvalue weighted by Gasteiger charge is -2.08. The van der Waals surface area contributed by atoms with E-state index >= 15 is 0 Å². The summed E-state index contributed by atoms with van der Waals surface area (Å²) >= 11 is 7.77. The molecule has 0 bridgehead atoms. The minimum absolute atomic E-state index is 0.291. The predicted molar refractivity (Wildman–Crippen MR) is 135 cm³/mol. The van der Waals surface area contributed by atoms with Crippen molar-refractivity contribution in [2.45, 2.75) is 13.5 Å². The first-order valence-electron chi connectivity index (χ1n) is 10.3. The number of aryl methyl sites for hydroxylation is 1. The molecule has 0 aliphatic carbocycles. The molecule has 6 heteroatoms. The fourth-order valence-electron chi connectivity index (χ4n) is 3.89. The Labute approximate surface area is 199 Å². The molecule has 0 saturated carbocycles. The summed E-state index contributed by atoms with van der Waals surface area (Å²) in [5.41, 5.74) is 4.72. The van der Waals surface area contributed by atoms with Gasteiger partial charge in [0.15, 0.2) is 4.80 Å². The van der Waals surface area contributed by atoms with Gasteiger partial charge in [-0.25, -0.2) is 4.98 Å². The maximum absolute atomic E-state index is 13.5. The summed E-state index contributed by atoms with van der Waals surface area (Å²) in [6.45, 7) is 2.23. The molecule has 3 aromatic carbocycles. The highest BCUT2D eigenvalue weighted by molar-refractivity contribution is 7.16. The number of rotatable bonds is 3. The molecular formula is C27H18ClN3OS. The van der Waals surface area contributed by atoms with Crippen LogP contribution in [0.1, 0.15) is 15.9 Å². The number of para-hydroxylation sites is 1. The molecule has 5 rings (SSSR count). The van der Waals surface area contributed by atoms with E-state index in [4.69, 9.17) is 23.0 Å². The zero-order valence-electron chi connectivity index (χ0n) is 17.7. The SMILES string of the molecule is C#CCn1c(=NC(=O)c2cc(-c3ccccc3)nc3ccccc23)sc2ccc(Cl)c(C)c21. The molecule has 0 N–H and O–H groups in total. The van der Waals surface area contributed by atoms with E-state index in [0.717, 1.165) is 37.9 Å². The van der Waals surface area contributed by atoms with Crippen LogP contribution in [0.15, 0.2) is 77.8 Å². The summed E-state index contributed by atoms with van der Waals surface area (Å²) in [7, 11) is 0. The van der Waals surface area contributed by atoms with E-state index < -0.39 is 0 Å². The van der Waals surface area contributed by atoms with Gasteiger partial charge in [-0.3, -0.25) is 4.79 Å². The smallest absolute Gasteiger partial charge is 0.280 e. The summed E-state index contributed by atoms with van der Waals surface area (Å²) in [5.74, 6) is 2.33. The maximum atomic E-state index is 13.5. The van der Waals surface area contributed by atoms with Crippen molar-refractivity contribution in [3.63, 3.8) is 0 Å². The van der Waals surface area contributed by atoms with Crippen LogP contribution in [-0.4, -0.2) is 15.5 Å². The number of pyridine rings is 1. The number of fused-ring (bicyclic) bond motifs is 2. The van der Waals surface area contributed by atoms with Gasteiger partial charge in [-0.2, -0.15) is 4.99 Å². The molecule has 0 unspecified atom stereocenters. The Kier molecular flexibility index (Phi) is 5.55. The minimum Gasteiger partial charge on any atom is -0.304 e. The van der Waals surface area contributed by atoms with E-state index in [-0.39, 0.29) is 5.91 Å². The van der Waals surface area contributed by atoms with Crippen LogP contribution in [0.25, 0.3) is 32.4 Å². The van der Waals surface area contributed by atoms with Gasteiger partial charge in [0.1, 0.15) is 0 Å². The van der Waals surface area contributed by atoms with Crippen LogP contribution in [0.4, 0.5) is 0 Å². The van der Waals surface area contributed by atoms with Crippen LogP contribution in [0, 0.1) is 19.3 Å². The number of carbonyl (C=O) groups is 1. The number of thiazole rings is 1. The second-order valence-electron chi connectivity index (χ2n) is 7.55. The minimum atomic E-state index is -0.341. The third-order valence-corrected chi connectivity index (χ3v) is 6.95. The third kappa shape index (κ3) is 3.84. The largest absolute Gasteiger partial charge is 0.304 e. The highest BCUT2D eigenvalue weighted by Gasteiger charge is 2.16. The second-order valence-corrected chi connectivity index (χ2v) is 8.97. The van der Waals surface area contributed by atoms with Crippen LogP contribution >= 0.6 is 22.9 Å². The van der Waals surface area contributed by atoms with Crippen molar-refractivity contribution in [3.05, 3.63) is 93.7 Å². The highest BCUT2D eigenvalue weighted by Crippen LogP contribution is 2.28. The van der Waals surface area contributed by atoms with Gasteiger partial charge in [-0.05, 0) is 36.8 Å². The van der Waals surface area contributed by atoms with Gasteiger partial charge in [0.2, 0.25) is 0 Å². The van der Waals surface area contributed by atoms with Gasteiger partial charge in [-0.1, -0.05) is 77.4 Å². The number of hydrogen-bond donors (Lipinski definition) is 0. The van der Waals surface area contributed by atoms with Crippen molar-refractivity contribution in [2.75, 3.05) is 0 Å². The lowest BCUT2D eigenvalue weighted by atomic mass is 10.0. The van der Waals surface area contributed by atoms with E-state index in [1.54, 1.807) is 0 Å². The van der Waals surface area contributed by atoms with Crippen LogP contribution in [0.3, 0.4) is 0 Å². The van der Waals surface area contributed by atoms with Gasteiger partial charge in [0.25, 0.3) is 5.91 Å². The maximum Gasteiger partial charge on any atom is 0.280 e. The molecule has 4 nitrogen and oxygen atoms in total. The van der Waals surface area contributed by atoms with Crippen molar-refractivity contribution in [2.24, 2.45) is 4.99 Å². The van der Waals surface area contributed by atoms with Gasteiger partial charge in [0, 0.05) is 16.0 Å². The van der Waals surface area contributed by atoms with Crippen molar-refractivity contribution in [3.8, 4) is 23.6 Å². The average molecular weight is 468 g/mol. The number of aromatic nitrogens is 2. The van der Waals surface area contributed by atoms with Crippen molar-refractivity contribution < 1.29 is 4.79 Å². The summed E-state index contributed by atoms with van der Waals surface area (Å²) in [4.78, 5) is 23.3. The molecule has 0 fully saturated rings. The van der Waals surface area contributed by atoms with E-state index in [1.807, 2.05) is 84.3 Å². The molecule has 2 heterocycles. The van der Waals surface area contributed by atoms with Crippen molar-refractivity contribution >= 4 is 50.0 Å². The zero-order chi connectivity index (χ0) is 22.9. The number of carbonyl (C=O) groups excluding carboxylic acids is 1. The molecule has 0 atom stereocenters. The summed E-state index contributed by atoms with van der Waals surface area (Å²) in [6, 6.07) is 23.0. The number of halogens is 1. The quantitative estimate of drug-likeness (QED) is 0.294. The monoisotopic (exact) mass is 467 g/mol. The average Bonchev–Trinajstić information content (AvgIpc) is 3.19. The van der Waals surface area contributed by atoms with E-state index in [1.165, 1.54) is 11.3 Å². The lowest BCUT2D eigenvalue weighted by molar-refractivity contribution is 0.0999.